The maximum atomic E-state index is 11.8. The number of rotatable bonds is 5. The van der Waals surface area contributed by atoms with Gasteiger partial charge in [0.1, 0.15) is 0 Å². The third-order valence-corrected chi connectivity index (χ3v) is 2.99. The summed E-state index contributed by atoms with van der Waals surface area (Å²) in [6, 6.07) is 5.13. The number of hydrogen-bond donors (Lipinski definition) is 3. The fourth-order valence-electron chi connectivity index (χ4n) is 1.39. The molecular weight excluding hydrogens is 284 g/mol. The molecule has 1 atom stereocenters. The van der Waals surface area contributed by atoms with Crippen LogP contribution in [0.2, 0.25) is 0 Å². The van der Waals surface area contributed by atoms with Gasteiger partial charge >= 0.3 is 0 Å². The molecule has 0 spiro atoms. The quantitative estimate of drug-likeness (QED) is 0.727. The second-order valence-electron chi connectivity index (χ2n) is 3.84. The number of nitrogens with two attached hydrogens (primary N) is 1. The van der Waals surface area contributed by atoms with Crippen molar-refractivity contribution in [1.82, 2.24) is 5.32 Å². The van der Waals surface area contributed by atoms with Gasteiger partial charge in [-0.2, -0.15) is 0 Å². The molecule has 0 radical (unpaired) electrons. The van der Waals surface area contributed by atoms with Gasteiger partial charge in [0, 0.05) is 16.7 Å². The van der Waals surface area contributed by atoms with Crippen molar-refractivity contribution in [1.29, 1.82) is 0 Å². The second-order valence-corrected chi connectivity index (χ2v) is 4.75. The van der Waals surface area contributed by atoms with Gasteiger partial charge in [0.05, 0.1) is 11.7 Å². The first kappa shape index (κ1) is 14.0. The Morgan fingerprint density at radius 2 is 2.29 bits per heavy atom. The number of halogens is 1. The fourth-order valence-corrected chi connectivity index (χ4v) is 1.77. The van der Waals surface area contributed by atoms with Gasteiger partial charge in [-0.3, -0.25) is 4.79 Å². The maximum Gasteiger partial charge on any atom is 0.253 e. The highest BCUT2D eigenvalue weighted by atomic mass is 79.9. The van der Waals surface area contributed by atoms with E-state index in [1.54, 1.807) is 18.2 Å². The molecule has 0 saturated carbocycles. The average molecular weight is 301 g/mol. The van der Waals surface area contributed by atoms with Gasteiger partial charge in [-0.15, -0.1) is 0 Å². The molecular formula is C12H17BrN2O2. The molecule has 94 valence electrons. The molecule has 0 bridgehead atoms. The normalized spacial score (nSPS) is 12.2. The minimum absolute atomic E-state index is 0.210. The summed E-state index contributed by atoms with van der Waals surface area (Å²) in [6.45, 7) is 2.35. The maximum absolute atomic E-state index is 11.8. The Morgan fingerprint density at radius 1 is 1.59 bits per heavy atom. The molecule has 1 rings (SSSR count). The molecule has 0 aromatic heterocycles. The van der Waals surface area contributed by atoms with Crippen LogP contribution in [0.1, 0.15) is 30.1 Å². The fraction of sp³-hybridized carbons (Fsp3) is 0.417. The van der Waals surface area contributed by atoms with Gasteiger partial charge in [0.15, 0.2) is 0 Å². The van der Waals surface area contributed by atoms with Crippen LogP contribution in [0.5, 0.6) is 0 Å². The van der Waals surface area contributed by atoms with Crippen LogP contribution < -0.4 is 11.1 Å². The van der Waals surface area contributed by atoms with E-state index in [2.05, 4.69) is 21.2 Å². The molecule has 4 nitrogen and oxygen atoms in total. The number of benzene rings is 1. The van der Waals surface area contributed by atoms with E-state index in [1.165, 1.54) is 0 Å². The second kappa shape index (κ2) is 6.61. The summed E-state index contributed by atoms with van der Waals surface area (Å²) in [5, 5.41) is 12.1. The van der Waals surface area contributed by atoms with Gasteiger partial charge in [0.2, 0.25) is 0 Å². The summed E-state index contributed by atoms with van der Waals surface area (Å²) < 4.78 is 0.841. The minimum Gasteiger partial charge on any atom is -0.398 e. The molecule has 4 N–H and O–H groups in total. The lowest BCUT2D eigenvalue weighted by atomic mass is 10.1. The number of nitrogen functional groups attached to an aromatic ring is 1. The van der Waals surface area contributed by atoms with Crippen molar-refractivity contribution in [2.75, 3.05) is 12.3 Å². The molecule has 1 aromatic carbocycles. The number of hydrogen-bond acceptors (Lipinski definition) is 3. The molecule has 1 aromatic rings. The molecule has 5 heteroatoms. The summed E-state index contributed by atoms with van der Waals surface area (Å²) in [5.74, 6) is -0.210. The number of anilines is 1. The zero-order valence-corrected chi connectivity index (χ0v) is 11.3. The predicted octanol–water partition coefficient (Wildman–Crippen LogP) is 1.92. The zero-order chi connectivity index (χ0) is 12.8. The number of carbonyl (C=O) groups is 1. The van der Waals surface area contributed by atoms with Crippen molar-refractivity contribution in [3.63, 3.8) is 0 Å². The molecule has 0 heterocycles. The molecule has 0 fully saturated rings. The highest BCUT2D eigenvalue weighted by Crippen LogP contribution is 2.18. The third-order valence-electron chi connectivity index (χ3n) is 2.49. The topological polar surface area (TPSA) is 75.3 Å². The van der Waals surface area contributed by atoms with E-state index < -0.39 is 0 Å². The summed E-state index contributed by atoms with van der Waals surface area (Å²) in [7, 11) is 0. The first-order valence-corrected chi connectivity index (χ1v) is 6.35. The van der Waals surface area contributed by atoms with E-state index >= 15 is 0 Å². The Labute approximate surface area is 109 Å². The Hall–Kier alpha value is -1.07. The van der Waals surface area contributed by atoms with Crippen molar-refractivity contribution in [3.8, 4) is 0 Å². The molecule has 0 aliphatic carbocycles. The van der Waals surface area contributed by atoms with Gasteiger partial charge in [0.25, 0.3) is 5.91 Å². The SMILES string of the molecule is CCC(O)CCNC(=O)c1ccc(Br)cc1N. The molecule has 1 amide bonds. The van der Waals surface area contributed by atoms with Gasteiger partial charge in [-0.25, -0.2) is 0 Å². The lowest BCUT2D eigenvalue weighted by molar-refractivity contribution is 0.0943. The van der Waals surface area contributed by atoms with Crippen LogP contribution >= 0.6 is 15.9 Å². The van der Waals surface area contributed by atoms with Gasteiger partial charge in [-0.05, 0) is 31.0 Å². The number of carbonyl (C=O) groups excluding carboxylic acids is 1. The highest BCUT2D eigenvalue weighted by molar-refractivity contribution is 9.10. The standard InChI is InChI=1S/C12H17BrN2O2/c1-2-9(16)5-6-15-12(17)10-4-3-8(13)7-11(10)14/h3-4,7,9,16H,2,5-6,14H2,1H3,(H,15,17). The summed E-state index contributed by atoms with van der Waals surface area (Å²) >= 11 is 3.28. The van der Waals surface area contributed by atoms with Crippen molar-refractivity contribution < 1.29 is 9.90 Å². The predicted molar refractivity (Wildman–Crippen MR) is 71.8 cm³/mol. The largest absolute Gasteiger partial charge is 0.398 e. The average Bonchev–Trinajstić information content (AvgIpc) is 2.28. The Balaban J connectivity index is 2.52. The first-order chi connectivity index (χ1) is 8.04. The van der Waals surface area contributed by atoms with Crippen molar-refractivity contribution in [2.45, 2.75) is 25.9 Å². The summed E-state index contributed by atoms with van der Waals surface area (Å²) in [4.78, 5) is 11.8. The van der Waals surface area contributed by atoms with Crippen LogP contribution in [0.15, 0.2) is 22.7 Å². The third kappa shape index (κ3) is 4.36. The van der Waals surface area contributed by atoms with Crippen LogP contribution in [0.3, 0.4) is 0 Å². The van der Waals surface area contributed by atoms with Crippen molar-refractivity contribution in [2.24, 2.45) is 0 Å². The number of amides is 1. The van der Waals surface area contributed by atoms with E-state index in [4.69, 9.17) is 5.73 Å². The van der Waals surface area contributed by atoms with Crippen LogP contribution in [-0.4, -0.2) is 23.7 Å². The van der Waals surface area contributed by atoms with E-state index in [9.17, 15) is 9.90 Å². The minimum atomic E-state index is -0.363. The molecule has 0 aliphatic heterocycles. The van der Waals surface area contributed by atoms with Crippen LogP contribution in [0.25, 0.3) is 0 Å². The van der Waals surface area contributed by atoms with Crippen LogP contribution in [0.4, 0.5) is 5.69 Å². The van der Waals surface area contributed by atoms with E-state index in [-0.39, 0.29) is 12.0 Å². The van der Waals surface area contributed by atoms with Gasteiger partial charge < -0.3 is 16.2 Å². The molecule has 0 aliphatic rings. The highest BCUT2D eigenvalue weighted by Gasteiger charge is 2.09. The van der Waals surface area contributed by atoms with Crippen LogP contribution in [-0.2, 0) is 0 Å². The lowest BCUT2D eigenvalue weighted by Gasteiger charge is -2.10. The van der Waals surface area contributed by atoms with Crippen molar-refractivity contribution in [3.05, 3.63) is 28.2 Å². The Morgan fingerprint density at radius 3 is 2.88 bits per heavy atom. The zero-order valence-electron chi connectivity index (χ0n) is 9.74. The molecule has 1 unspecified atom stereocenters. The number of nitrogens with one attached hydrogen (secondary N) is 1. The lowest BCUT2D eigenvalue weighted by Crippen LogP contribution is -2.27. The van der Waals surface area contributed by atoms with Gasteiger partial charge in [-0.1, -0.05) is 22.9 Å². The van der Waals surface area contributed by atoms with E-state index in [0.717, 1.165) is 4.47 Å². The number of aliphatic hydroxyl groups excluding tert-OH is 1. The van der Waals surface area contributed by atoms with E-state index in [1.807, 2.05) is 6.92 Å². The van der Waals surface area contributed by atoms with Crippen molar-refractivity contribution >= 4 is 27.5 Å². The molecule has 17 heavy (non-hydrogen) atoms. The number of aliphatic hydroxyl groups is 1. The smallest absolute Gasteiger partial charge is 0.253 e. The summed E-state index contributed by atoms with van der Waals surface area (Å²) in [5.41, 5.74) is 6.64. The van der Waals surface area contributed by atoms with E-state index in [0.29, 0.717) is 30.6 Å². The molecule has 0 saturated heterocycles. The monoisotopic (exact) mass is 300 g/mol. The first-order valence-electron chi connectivity index (χ1n) is 5.56. The van der Waals surface area contributed by atoms with Crippen LogP contribution in [0, 0.1) is 0 Å². The Bertz CT molecular complexity index is 396. The summed E-state index contributed by atoms with van der Waals surface area (Å²) in [6.07, 6.45) is 0.882. The Kier molecular flexibility index (Phi) is 5.44.